The molecule has 6 heteroatoms. The molecule has 0 radical (unpaired) electrons. The highest BCUT2D eigenvalue weighted by atomic mass is 16.6. The summed E-state index contributed by atoms with van der Waals surface area (Å²) in [5.41, 5.74) is 0. The van der Waals surface area contributed by atoms with Gasteiger partial charge in [-0.1, -0.05) is 182 Å². The standard InChI is InChI=1S/C53H86O6/c1-4-7-10-13-16-19-22-23-24-25-26-27-28-29-32-34-37-40-43-46-52(55)58-49-50(59-53(56)47-44-41-38-35-31-21-18-15-12-9-6-3)48-57-51(54)45-42-39-36-33-30-20-17-14-11-8-5-2/h7,10,14-19,23-24,26-27,29,32,37,40,50H,4-6,8-9,11-13,20-22,25,28,30-31,33-36,38-39,41-49H2,1-3H3/b10-7-,17-14-,18-15-,19-16-,24-23-,27-26-,32-29-,40-37-. The summed E-state index contributed by atoms with van der Waals surface area (Å²) in [6.07, 6.45) is 61.2. The zero-order valence-corrected chi connectivity index (χ0v) is 38.0. The third kappa shape index (κ3) is 45.3. The van der Waals surface area contributed by atoms with Crippen LogP contribution in [0.2, 0.25) is 0 Å². The van der Waals surface area contributed by atoms with Gasteiger partial charge in [-0.25, -0.2) is 0 Å². The van der Waals surface area contributed by atoms with E-state index in [4.69, 9.17) is 14.2 Å². The second kappa shape index (κ2) is 47.0. The number of esters is 3. The molecule has 0 N–H and O–H groups in total. The van der Waals surface area contributed by atoms with Gasteiger partial charge in [0.1, 0.15) is 13.2 Å². The van der Waals surface area contributed by atoms with E-state index in [0.29, 0.717) is 19.3 Å². The smallest absolute Gasteiger partial charge is 0.306 e. The molecule has 0 spiro atoms. The van der Waals surface area contributed by atoms with Crippen LogP contribution in [0.4, 0.5) is 0 Å². The molecule has 0 heterocycles. The normalized spacial score (nSPS) is 12.9. The van der Waals surface area contributed by atoms with Crippen molar-refractivity contribution in [3.05, 3.63) is 97.2 Å². The number of hydrogen-bond acceptors (Lipinski definition) is 6. The second-order valence-electron chi connectivity index (χ2n) is 15.3. The number of allylic oxidation sites excluding steroid dienone is 16. The lowest BCUT2D eigenvalue weighted by atomic mass is 10.1. The molecule has 0 aliphatic carbocycles. The van der Waals surface area contributed by atoms with Crippen molar-refractivity contribution in [1.29, 1.82) is 0 Å². The maximum absolute atomic E-state index is 12.7. The molecule has 334 valence electrons. The van der Waals surface area contributed by atoms with Gasteiger partial charge in [0.15, 0.2) is 6.10 Å². The summed E-state index contributed by atoms with van der Waals surface area (Å²) in [4.78, 5) is 37.7. The van der Waals surface area contributed by atoms with Gasteiger partial charge in [0, 0.05) is 19.3 Å². The van der Waals surface area contributed by atoms with Crippen LogP contribution in [0.5, 0.6) is 0 Å². The fourth-order valence-electron chi connectivity index (χ4n) is 5.96. The summed E-state index contributed by atoms with van der Waals surface area (Å²) in [5.74, 6) is -1.03. The van der Waals surface area contributed by atoms with E-state index in [1.54, 1.807) is 0 Å². The zero-order chi connectivity index (χ0) is 43.0. The van der Waals surface area contributed by atoms with Crippen LogP contribution in [-0.4, -0.2) is 37.2 Å². The summed E-state index contributed by atoms with van der Waals surface area (Å²) < 4.78 is 16.6. The monoisotopic (exact) mass is 819 g/mol. The quantitative estimate of drug-likeness (QED) is 0.0265. The van der Waals surface area contributed by atoms with E-state index in [-0.39, 0.29) is 37.5 Å². The van der Waals surface area contributed by atoms with Gasteiger partial charge in [-0.3, -0.25) is 14.4 Å². The molecule has 59 heavy (non-hydrogen) atoms. The average Bonchev–Trinajstić information content (AvgIpc) is 3.23. The van der Waals surface area contributed by atoms with Gasteiger partial charge < -0.3 is 14.2 Å². The van der Waals surface area contributed by atoms with Crippen LogP contribution in [0.3, 0.4) is 0 Å². The zero-order valence-electron chi connectivity index (χ0n) is 38.0. The van der Waals surface area contributed by atoms with E-state index < -0.39 is 6.10 Å². The van der Waals surface area contributed by atoms with Gasteiger partial charge >= 0.3 is 17.9 Å². The van der Waals surface area contributed by atoms with Crippen molar-refractivity contribution in [2.75, 3.05) is 13.2 Å². The first-order chi connectivity index (χ1) is 29.0. The van der Waals surface area contributed by atoms with E-state index in [9.17, 15) is 14.4 Å². The molecular weight excluding hydrogens is 733 g/mol. The van der Waals surface area contributed by atoms with Crippen molar-refractivity contribution < 1.29 is 28.6 Å². The summed E-state index contributed by atoms with van der Waals surface area (Å²) >= 11 is 0. The van der Waals surface area contributed by atoms with Crippen LogP contribution in [0.25, 0.3) is 0 Å². The van der Waals surface area contributed by atoms with Gasteiger partial charge in [0.2, 0.25) is 0 Å². The molecule has 0 fully saturated rings. The molecule has 0 bridgehead atoms. The van der Waals surface area contributed by atoms with E-state index in [1.807, 2.05) is 12.2 Å². The molecule has 0 saturated carbocycles. The van der Waals surface area contributed by atoms with Crippen LogP contribution in [-0.2, 0) is 28.6 Å². The first kappa shape index (κ1) is 55.3. The van der Waals surface area contributed by atoms with Gasteiger partial charge in [-0.05, 0) is 96.3 Å². The first-order valence-electron chi connectivity index (χ1n) is 23.7. The van der Waals surface area contributed by atoms with E-state index in [0.717, 1.165) is 103 Å². The predicted molar refractivity (Wildman–Crippen MR) is 251 cm³/mol. The molecule has 0 amide bonds. The Labute approximate surface area is 362 Å². The molecule has 1 atom stereocenters. The van der Waals surface area contributed by atoms with Gasteiger partial charge in [-0.15, -0.1) is 0 Å². The van der Waals surface area contributed by atoms with Crippen LogP contribution in [0.1, 0.15) is 201 Å². The molecule has 0 aromatic heterocycles. The second-order valence-corrected chi connectivity index (χ2v) is 15.3. The third-order valence-electron chi connectivity index (χ3n) is 9.56. The first-order valence-corrected chi connectivity index (χ1v) is 23.7. The van der Waals surface area contributed by atoms with Crippen molar-refractivity contribution >= 4 is 17.9 Å². The summed E-state index contributed by atoms with van der Waals surface area (Å²) in [7, 11) is 0. The van der Waals surface area contributed by atoms with Gasteiger partial charge in [-0.2, -0.15) is 0 Å². The Balaban J connectivity index is 4.50. The number of carbonyl (C=O) groups is 3. The van der Waals surface area contributed by atoms with E-state index in [1.165, 1.54) is 51.4 Å². The molecule has 1 unspecified atom stereocenters. The molecule has 0 aliphatic rings. The number of unbranched alkanes of at least 4 members (excludes halogenated alkanes) is 14. The molecule has 0 aliphatic heterocycles. The van der Waals surface area contributed by atoms with E-state index >= 15 is 0 Å². The predicted octanol–water partition coefficient (Wildman–Crippen LogP) is 15.4. The van der Waals surface area contributed by atoms with Gasteiger partial charge in [0.25, 0.3) is 0 Å². The Morgan fingerprint density at radius 1 is 0.356 bits per heavy atom. The molecule has 0 rings (SSSR count). The minimum absolute atomic E-state index is 0.110. The molecule has 0 aromatic carbocycles. The van der Waals surface area contributed by atoms with Crippen LogP contribution >= 0.6 is 0 Å². The van der Waals surface area contributed by atoms with Gasteiger partial charge in [0.05, 0.1) is 0 Å². The van der Waals surface area contributed by atoms with Crippen LogP contribution in [0.15, 0.2) is 97.2 Å². The highest BCUT2D eigenvalue weighted by Crippen LogP contribution is 2.12. The maximum Gasteiger partial charge on any atom is 0.306 e. The fraction of sp³-hybridized carbons (Fsp3) is 0.642. The Morgan fingerprint density at radius 2 is 0.695 bits per heavy atom. The van der Waals surface area contributed by atoms with E-state index in [2.05, 4.69) is 106 Å². The minimum Gasteiger partial charge on any atom is -0.462 e. The fourth-order valence-corrected chi connectivity index (χ4v) is 5.96. The Bertz CT molecular complexity index is 1220. The molecular formula is C53H86O6. The summed E-state index contributed by atoms with van der Waals surface area (Å²) in [6.45, 7) is 6.34. The lowest BCUT2D eigenvalue weighted by Gasteiger charge is -2.18. The summed E-state index contributed by atoms with van der Waals surface area (Å²) in [5, 5.41) is 0. The van der Waals surface area contributed by atoms with Crippen molar-refractivity contribution in [1.82, 2.24) is 0 Å². The average molecular weight is 819 g/mol. The number of carbonyl (C=O) groups excluding carboxylic acids is 3. The lowest BCUT2D eigenvalue weighted by Crippen LogP contribution is -2.30. The topological polar surface area (TPSA) is 78.9 Å². The van der Waals surface area contributed by atoms with Crippen LogP contribution < -0.4 is 0 Å². The highest BCUT2D eigenvalue weighted by molar-refractivity contribution is 5.71. The molecule has 0 aromatic rings. The Hall–Kier alpha value is -3.67. The van der Waals surface area contributed by atoms with Crippen molar-refractivity contribution in [2.24, 2.45) is 0 Å². The molecule has 0 saturated heterocycles. The lowest BCUT2D eigenvalue weighted by molar-refractivity contribution is -0.166. The third-order valence-corrected chi connectivity index (χ3v) is 9.56. The largest absolute Gasteiger partial charge is 0.462 e. The maximum atomic E-state index is 12.7. The Kier molecular flexibility index (Phi) is 44.1. The number of hydrogen-bond donors (Lipinski definition) is 0. The molecule has 6 nitrogen and oxygen atoms in total. The SMILES string of the molecule is CC/C=C\C/C=C\C/C=C\C/C=C\C/C=C\C/C=C\CCC(=O)OCC(COC(=O)CCCCCCC/C=C\CCCC)OC(=O)CCCCCCC/C=C\CCCC. The summed E-state index contributed by atoms with van der Waals surface area (Å²) in [6, 6.07) is 0. The minimum atomic E-state index is -0.814. The van der Waals surface area contributed by atoms with Crippen LogP contribution in [0, 0.1) is 0 Å². The Morgan fingerprint density at radius 3 is 1.14 bits per heavy atom. The number of rotatable bonds is 41. The highest BCUT2D eigenvalue weighted by Gasteiger charge is 2.19. The number of ether oxygens (including phenoxy) is 3. The van der Waals surface area contributed by atoms with Crippen molar-refractivity contribution in [3.8, 4) is 0 Å². The van der Waals surface area contributed by atoms with Crippen molar-refractivity contribution in [2.45, 2.75) is 207 Å². The van der Waals surface area contributed by atoms with Crippen molar-refractivity contribution in [3.63, 3.8) is 0 Å².